The summed E-state index contributed by atoms with van der Waals surface area (Å²) in [6, 6.07) is 0. The van der Waals surface area contributed by atoms with Gasteiger partial charge in [-0.1, -0.05) is 5.92 Å². The maximum atomic E-state index is 5.74. The first-order valence-electron chi connectivity index (χ1n) is 5.21. The fraction of sp³-hybridized carbons (Fsp3) is 0.818. The summed E-state index contributed by atoms with van der Waals surface area (Å²) < 4.78 is 0. The number of hydrogen-bond acceptors (Lipinski definition) is 3. The van der Waals surface area contributed by atoms with Crippen LogP contribution in [0, 0.1) is 12.3 Å². The smallest absolute Gasteiger partial charge is 0.0599 e. The summed E-state index contributed by atoms with van der Waals surface area (Å²) in [7, 11) is 0. The minimum atomic E-state index is 0.127. The first-order valence-corrected chi connectivity index (χ1v) is 5.21. The van der Waals surface area contributed by atoms with E-state index in [1.54, 1.807) is 0 Å². The van der Waals surface area contributed by atoms with Crippen LogP contribution >= 0.6 is 0 Å². The van der Waals surface area contributed by atoms with Gasteiger partial charge in [0.1, 0.15) is 0 Å². The third-order valence-electron chi connectivity index (χ3n) is 3.04. The third-order valence-corrected chi connectivity index (χ3v) is 3.04. The van der Waals surface area contributed by atoms with Crippen LogP contribution < -0.4 is 5.73 Å². The molecule has 3 nitrogen and oxygen atoms in total. The van der Waals surface area contributed by atoms with Crippen LogP contribution in [0.1, 0.15) is 13.8 Å². The van der Waals surface area contributed by atoms with Crippen LogP contribution in [0.25, 0.3) is 0 Å². The van der Waals surface area contributed by atoms with Gasteiger partial charge in [0.05, 0.1) is 6.54 Å². The van der Waals surface area contributed by atoms with Crippen LogP contribution in [0.15, 0.2) is 0 Å². The van der Waals surface area contributed by atoms with Gasteiger partial charge in [-0.15, -0.1) is 6.42 Å². The molecule has 0 aliphatic carbocycles. The highest BCUT2D eigenvalue weighted by Gasteiger charge is 2.28. The van der Waals surface area contributed by atoms with Gasteiger partial charge in [0.25, 0.3) is 0 Å². The summed E-state index contributed by atoms with van der Waals surface area (Å²) >= 11 is 0. The van der Waals surface area contributed by atoms with Gasteiger partial charge in [0, 0.05) is 38.3 Å². The predicted molar refractivity (Wildman–Crippen MR) is 60.0 cm³/mol. The van der Waals surface area contributed by atoms with E-state index in [-0.39, 0.29) is 5.54 Å². The molecule has 0 atom stereocenters. The third kappa shape index (κ3) is 2.71. The van der Waals surface area contributed by atoms with Crippen LogP contribution in [0.4, 0.5) is 0 Å². The molecule has 80 valence electrons. The molecular weight excluding hydrogens is 174 g/mol. The monoisotopic (exact) mass is 195 g/mol. The highest BCUT2D eigenvalue weighted by atomic mass is 15.3. The van der Waals surface area contributed by atoms with Crippen molar-refractivity contribution in [2.24, 2.45) is 5.73 Å². The number of hydrogen-bond donors (Lipinski definition) is 1. The number of terminal acetylenes is 1. The molecule has 1 rings (SSSR count). The van der Waals surface area contributed by atoms with Gasteiger partial charge in [-0.25, -0.2) is 0 Å². The second-order valence-electron chi connectivity index (χ2n) is 4.48. The van der Waals surface area contributed by atoms with Crippen molar-refractivity contribution in [3.63, 3.8) is 0 Å². The molecule has 3 heteroatoms. The molecule has 1 heterocycles. The Morgan fingerprint density at radius 3 is 2.29 bits per heavy atom. The normalized spacial score (nSPS) is 20.7. The van der Waals surface area contributed by atoms with E-state index in [1.807, 2.05) is 0 Å². The second-order valence-corrected chi connectivity index (χ2v) is 4.48. The average molecular weight is 195 g/mol. The topological polar surface area (TPSA) is 32.5 Å². The van der Waals surface area contributed by atoms with E-state index in [1.165, 1.54) is 0 Å². The summed E-state index contributed by atoms with van der Waals surface area (Å²) in [5, 5.41) is 0. The number of nitrogens with two attached hydrogens (primary N) is 1. The molecule has 0 unspecified atom stereocenters. The van der Waals surface area contributed by atoms with Crippen LogP contribution in [-0.2, 0) is 0 Å². The molecule has 1 aliphatic heterocycles. The van der Waals surface area contributed by atoms with Crippen LogP contribution in [0.5, 0.6) is 0 Å². The Labute approximate surface area is 87.2 Å². The Balaban J connectivity index is 2.40. The molecule has 0 spiro atoms. The van der Waals surface area contributed by atoms with Crippen molar-refractivity contribution in [2.45, 2.75) is 19.4 Å². The molecule has 1 fully saturated rings. The largest absolute Gasteiger partial charge is 0.329 e. The van der Waals surface area contributed by atoms with Gasteiger partial charge < -0.3 is 5.73 Å². The summed E-state index contributed by atoms with van der Waals surface area (Å²) in [6.45, 7) is 10.2. The van der Waals surface area contributed by atoms with E-state index in [0.29, 0.717) is 6.54 Å². The van der Waals surface area contributed by atoms with E-state index in [9.17, 15) is 0 Å². The van der Waals surface area contributed by atoms with E-state index >= 15 is 0 Å². The van der Waals surface area contributed by atoms with Crippen molar-refractivity contribution in [1.82, 2.24) is 9.80 Å². The van der Waals surface area contributed by atoms with E-state index in [2.05, 4.69) is 29.6 Å². The molecule has 14 heavy (non-hydrogen) atoms. The lowest BCUT2D eigenvalue weighted by molar-refractivity contribution is 0.0625. The van der Waals surface area contributed by atoms with Crippen molar-refractivity contribution < 1.29 is 0 Å². The van der Waals surface area contributed by atoms with Gasteiger partial charge in [-0.05, 0) is 13.8 Å². The molecule has 2 N–H and O–H groups in total. The van der Waals surface area contributed by atoms with Crippen LogP contribution in [0.3, 0.4) is 0 Å². The zero-order chi connectivity index (χ0) is 10.6. The highest BCUT2D eigenvalue weighted by Crippen LogP contribution is 2.15. The summed E-state index contributed by atoms with van der Waals surface area (Å²) in [6.07, 6.45) is 5.28. The van der Waals surface area contributed by atoms with Crippen molar-refractivity contribution in [2.75, 3.05) is 39.3 Å². The fourth-order valence-corrected chi connectivity index (χ4v) is 1.77. The Kier molecular flexibility index (Phi) is 3.94. The van der Waals surface area contributed by atoms with Gasteiger partial charge in [0.2, 0.25) is 0 Å². The lowest BCUT2D eigenvalue weighted by Gasteiger charge is -2.43. The maximum Gasteiger partial charge on any atom is 0.0599 e. The average Bonchev–Trinajstić information content (AvgIpc) is 2.19. The first kappa shape index (κ1) is 11.5. The standard InChI is InChI=1S/C11H21N3/c1-4-5-13-6-8-14(9-7-13)11(2,3)10-12/h1H,5-10,12H2,2-3H3. The minimum absolute atomic E-state index is 0.127. The Hall–Kier alpha value is -0.560. The second kappa shape index (κ2) is 4.79. The lowest BCUT2D eigenvalue weighted by Crippen LogP contribution is -2.57. The minimum Gasteiger partial charge on any atom is -0.329 e. The Morgan fingerprint density at radius 1 is 1.29 bits per heavy atom. The van der Waals surface area contributed by atoms with Gasteiger partial charge in [-0.3, -0.25) is 9.80 Å². The molecular formula is C11H21N3. The van der Waals surface area contributed by atoms with Gasteiger partial charge in [-0.2, -0.15) is 0 Å². The van der Waals surface area contributed by atoms with Crippen LogP contribution in [0.2, 0.25) is 0 Å². The van der Waals surface area contributed by atoms with E-state index < -0.39 is 0 Å². The molecule has 0 saturated carbocycles. The molecule has 0 bridgehead atoms. The molecule has 1 aliphatic rings. The van der Waals surface area contributed by atoms with Gasteiger partial charge >= 0.3 is 0 Å². The van der Waals surface area contributed by atoms with Crippen molar-refractivity contribution in [1.29, 1.82) is 0 Å². The Morgan fingerprint density at radius 2 is 1.86 bits per heavy atom. The maximum absolute atomic E-state index is 5.74. The SMILES string of the molecule is C#CCN1CCN(C(C)(C)CN)CC1. The molecule has 0 aromatic rings. The zero-order valence-corrected chi connectivity index (χ0v) is 9.29. The van der Waals surface area contributed by atoms with Crippen molar-refractivity contribution >= 4 is 0 Å². The zero-order valence-electron chi connectivity index (χ0n) is 9.29. The summed E-state index contributed by atoms with van der Waals surface area (Å²) in [5.74, 6) is 2.69. The van der Waals surface area contributed by atoms with Gasteiger partial charge in [0.15, 0.2) is 0 Å². The number of piperazine rings is 1. The fourth-order valence-electron chi connectivity index (χ4n) is 1.77. The van der Waals surface area contributed by atoms with Crippen molar-refractivity contribution in [3.05, 3.63) is 0 Å². The first-order chi connectivity index (χ1) is 6.60. The molecule has 0 radical (unpaired) electrons. The van der Waals surface area contributed by atoms with Crippen molar-refractivity contribution in [3.8, 4) is 12.3 Å². The van der Waals surface area contributed by atoms with E-state index in [0.717, 1.165) is 32.7 Å². The number of nitrogens with zero attached hydrogens (tertiary/aromatic N) is 2. The molecule has 0 aromatic heterocycles. The molecule has 0 amide bonds. The number of rotatable bonds is 3. The van der Waals surface area contributed by atoms with E-state index in [4.69, 9.17) is 12.2 Å². The Bertz CT molecular complexity index is 209. The molecule has 0 aromatic carbocycles. The predicted octanol–water partition coefficient (Wildman–Crippen LogP) is -0.0255. The lowest BCUT2D eigenvalue weighted by atomic mass is 10.0. The summed E-state index contributed by atoms with van der Waals surface area (Å²) in [4.78, 5) is 4.75. The summed E-state index contributed by atoms with van der Waals surface area (Å²) in [5.41, 5.74) is 5.87. The van der Waals surface area contributed by atoms with Crippen LogP contribution in [-0.4, -0.2) is 54.6 Å². The quantitative estimate of drug-likeness (QED) is 0.642. The highest BCUT2D eigenvalue weighted by molar-refractivity contribution is 4.92. The molecule has 1 saturated heterocycles.